The summed E-state index contributed by atoms with van der Waals surface area (Å²) in [5, 5.41) is 4.34. The molecule has 0 saturated carbocycles. The monoisotopic (exact) mass is 321 g/mol. The number of likely N-dealkylation sites (tertiary alicyclic amines) is 1. The van der Waals surface area contributed by atoms with E-state index in [0.717, 1.165) is 17.0 Å². The maximum absolute atomic E-state index is 4.39. The molecule has 4 rings (SSSR count). The van der Waals surface area contributed by atoms with Crippen LogP contribution in [0, 0.1) is 6.92 Å². The second-order valence-electron chi connectivity index (χ2n) is 6.64. The average molecular weight is 321 g/mol. The molecule has 0 radical (unpaired) electrons. The van der Waals surface area contributed by atoms with Gasteiger partial charge in [0.1, 0.15) is 5.82 Å². The maximum atomic E-state index is 4.39. The summed E-state index contributed by atoms with van der Waals surface area (Å²) in [4.78, 5) is 11.3. The van der Waals surface area contributed by atoms with Gasteiger partial charge in [0.15, 0.2) is 0 Å². The van der Waals surface area contributed by atoms with Crippen LogP contribution in [0.2, 0.25) is 0 Å². The molecule has 1 aromatic carbocycles. The fourth-order valence-corrected chi connectivity index (χ4v) is 3.51. The normalized spacial score (nSPS) is 17.2. The fraction of sp³-hybridized carbons (Fsp3) is 0.421. The van der Waals surface area contributed by atoms with Gasteiger partial charge in [0, 0.05) is 24.0 Å². The predicted octanol–water partition coefficient (Wildman–Crippen LogP) is 3.65. The molecule has 1 aliphatic heterocycles. The highest BCUT2D eigenvalue weighted by atomic mass is 15.3. The van der Waals surface area contributed by atoms with Crippen LogP contribution in [-0.4, -0.2) is 37.6 Å². The second-order valence-corrected chi connectivity index (χ2v) is 6.64. The lowest BCUT2D eigenvalue weighted by Crippen LogP contribution is -2.32. The van der Waals surface area contributed by atoms with Crippen molar-refractivity contribution in [3.63, 3.8) is 0 Å². The minimum absolute atomic E-state index is 0.484. The van der Waals surface area contributed by atoms with Gasteiger partial charge in [0.25, 0.3) is 5.78 Å². The first-order valence-electron chi connectivity index (χ1n) is 8.74. The number of piperidine rings is 1. The van der Waals surface area contributed by atoms with Crippen LogP contribution in [-0.2, 0) is 0 Å². The summed E-state index contributed by atoms with van der Waals surface area (Å²) in [5.74, 6) is 1.39. The first-order valence-corrected chi connectivity index (χ1v) is 8.74. The number of rotatable bonds is 3. The molecule has 1 saturated heterocycles. The Morgan fingerprint density at radius 1 is 1.00 bits per heavy atom. The predicted molar refractivity (Wildman–Crippen MR) is 94.8 cm³/mol. The van der Waals surface area contributed by atoms with Gasteiger partial charge in [-0.3, -0.25) is 4.90 Å². The first-order chi connectivity index (χ1) is 11.7. The zero-order valence-electron chi connectivity index (χ0n) is 14.3. The third-order valence-electron chi connectivity index (χ3n) is 4.96. The van der Waals surface area contributed by atoms with Crippen molar-refractivity contribution in [1.82, 2.24) is 24.5 Å². The van der Waals surface area contributed by atoms with Gasteiger partial charge in [-0.2, -0.15) is 10.1 Å². The molecule has 5 heteroatoms. The van der Waals surface area contributed by atoms with Crippen molar-refractivity contribution in [1.29, 1.82) is 0 Å². The quantitative estimate of drug-likeness (QED) is 0.739. The van der Waals surface area contributed by atoms with E-state index in [2.05, 4.69) is 51.2 Å². The molecule has 2 aromatic heterocycles. The minimum atomic E-state index is 0.484. The van der Waals surface area contributed by atoms with E-state index < -0.39 is 0 Å². The number of nitrogens with zero attached hydrogens (tertiary/aromatic N) is 5. The summed E-state index contributed by atoms with van der Waals surface area (Å²) in [6.45, 7) is 6.63. The number of benzene rings is 1. The van der Waals surface area contributed by atoms with Gasteiger partial charge >= 0.3 is 0 Å². The van der Waals surface area contributed by atoms with Crippen LogP contribution < -0.4 is 0 Å². The van der Waals surface area contributed by atoms with Crippen molar-refractivity contribution in [3.05, 3.63) is 48.0 Å². The van der Waals surface area contributed by atoms with E-state index in [1.165, 1.54) is 37.9 Å². The highest BCUT2D eigenvalue weighted by Gasteiger charge is 2.18. The number of aromatic nitrogens is 4. The Bertz CT molecular complexity index is 831. The molecular formula is C19H23N5. The van der Waals surface area contributed by atoms with E-state index in [-0.39, 0.29) is 0 Å². The van der Waals surface area contributed by atoms with Gasteiger partial charge in [0.2, 0.25) is 0 Å². The van der Waals surface area contributed by atoms with Crippen molar-refractivity contribution >= 4 is 5.78 Å². The van der Waals surface area contributed by atoms with E-state index in [1.807, 2.05) is 19.3 Å². The van der Waals surface area contributed by atoms with Crippen LogP contribution in [0.25, 0.3) is 16.9 Å². The first kappa shape index (κ1) is 15.3. The summed E-state index contributed by atoms with van der Waals surface area (Å²) in [6, 6.07) is 9.33. The van der Waals surface area contributed by atoms with Crippen LogP contribution in [0.3, 0.4) is 0 Å². The molecule has 0 amide bonds. The summed E-state index contributed by atoms with van der Waals surface area (Å²) in [5.41, 5.74) is 3.60. The Morgan fingerprint density at radius 3 is 2.50 bits per heavy atom. The highest BCUT2D eigenvalue weighted by Crippen LogP contribution is 2.26. The SMILES string of the molecule is Cc1nc2ncc(-c3ccc([C@@H](C)N4CCCCC4)cc3)cn2n1. The maximum Gasteiger partial charge on any atom is 0.252 e. The van der Waals surface area contributed by atoms with Gasteiger partial charge in [-0.05, 0) is 50.9 Å². The standard InChI is InChI=1S/C19H23N5/c1-14(23-10-4-3-5-11-23)16-6-8-17(9-7-16)18-12-20-19-21-15(2)22-24(19)13-18/h6-9,12-14H,3-5,10-11H2,1-2H3/t14-/m1/s1. The van der Waals surface area contributed by atoms with E-state index in [0.29, 0.717) is 11.8 Å². The van der Waals surface area contributed by atoms with E-state index >= 15 is 0 Å². The third kappa shape index (κ3) is 2.91. The van der Waals surface area contributed by atoms with Crippen LogP contribution in [0.5, 0.6) is 0 Å². The number of hydrogen-bond acceptors (Lipinski definition) is 4. The number of aryl methyl sites for hydroxylation is 1. The van der Waals surface area contributed by atoms with Crippen LogP contribution in [0.1, 0.15) is 43.6 Å². The lowest BCUT2D eigenvalue weighted by atomic mass is 10.0. The summed E-state index contributed by atoms with van der Waals surface area (Å²) in [7, 11) is 0. The Labute approximate surface area is 142 Å². The molecule has 1 fully saturated rings. The van der Waals surface area contributed by atoms with Gasteiger partial charge in [-0.15, -0.1) is 0 Å². The highest BCUT2D eigenvalue weighted by molar-refractivity contribution is 5.62. The lowest BCUT2D eigenvalue weighted by molar-refractivity contribution is 0.175. The molecule has 0 unspecified atom stereocenters. The molecule has 0 N–H and O–H groups in total. The van der Waals surface area contributed by atoms with E-state index in [4.69, 9.17) is 0 Å². The Balaban J connectivity index is 1.57. The van der Waals surface area contributed by atoms with Crippen molar-refractivity contribution < 1.29 is 0 Å². The van der Waals surface area contributed by atoms with Crippen molar-refractivity contribution in [2.75, 3.05) is 13.1 Å². The summed E-state index contributed by atoms with van der Waals surface area (Å²) < 4.78 is 1.74. The van der Waals surface area contributed by atoms with Crippen molar-refractivity contribution in [2.45, 2.75) is 39.2 Å². The number of hydrogen-bond donors (Lipinski definition) is 0. The Kier molecular flexibility index (Phi) is 4.02. The zero-order chi connectivity index (χ0) is 16.5. The van der Waals surface area contributed by atoms with Gasteiger partial charge < -0.3 is 0 Å². The fourth-order valence-electron chi connectivity index (χ4n) is 3.51. The zero-order valence-corrected chi connectivity index (χ0v) is 14.3. The summed E-state index contributed by atoms with van der Waals surface area (Å²) in [6.07, 6.45) is 7.88. The van der Waals surface area contributed by atoms with Crippen LogP contribution in [0.15, 0.2) is 36.7 Å². The molecule has 124 valence electrons. The molecule has 0 spiro atoms. The van der Waals surface area contributed by atoms with Crippen molar-refractivity contribution in [2.24, 2.45) is 0 Å². The minimum Gasteiger partial charge on any atom is -0.297 e. The smallest absolute Gasteiger partial charge is 0.252 e. The molecule has 0 aliphatic carbocycles. The van der Waals surface area contributed by atoms with E-state index in [9.17, 15) is 0 Å². The molecule has 3 heterocycles. The molecule has 3 aromatic rings. The average Bonchev–Trinajstić information content (AvgIpc) is 3.01. The molecule has 24 heavy (non-hydrogen) atoms. The topological polar surface area (TPSA) is 46.3 Å². The van der Waals surface area contributed by atoms with Crippen LogP contribution >= 0.6 is 0 Å². The molecule has 1 aliphatic rings. The lowest BCUT2D eigenvalue weighted by Gasteiger charge is -2.32. The molecular weight excluding hydrogens is 298 g/mol. The van der Waals surface area contributed by atoms with Gasteiger partial charge in [-0.1, -0.05) is 30.7 Å². The Hall–Kier alpha value is -2.27. The second kappa shape index (κ2) is 6.32. The summed E-state index contributed by atoms with van der Waals surface area (Å²) >= 11 is 0. The van der Waals surface area contributed by atoms with Gasteiger partial charge in [0.05, 0.1) is 0 Å². The Morgan fingerprint density at radius 2 is 1.75 bits per heavy atom. The molecule has 1 atom stereocenters. The number of fused-ring (bicyclic) bond motifs is 1. The largest absolute Gasteiger partial charge is 0.297 e. The van der Waals surface area contributed by atoms with Crippen LogP contribution in [0.4, 0.5) is 0 Å². The van der Waals surface area contributed by atoms with Crippen molar-refractivity contribution in [3.8, 4) is 11.1 Å². The third-order valence-corrected chi connectivity index (χ3v) is 4.96. The van der Waals surface area contributed by atoms with Gasteiger partial charge in [-0.25, -0.2) is 9.50 Å². The molecule has 0 bridgehead atoms. The molecule has 5 nitrogen and oxygen atoms in total. The van der Waals surface area contributed by atoms with E-state index in [1.54, 1.807) is 4.52 Å².